The number of nitrogen functional groups attached to an aromatic ring is 1. The molecule has 0 bridgehead atoms. The molecule has 0 saturated carbocycles. The highest BCUT2D eigenvalue weighted by molar-refractivity contribution is 6.39. The Morgan fingerprint density at radius 2 is 1.74 bits per heavy atom. The van der Waals surface area contributed by atoms with Gasteiger partial charge in [-0.25, -0.2) is 0 Å². The highest BCUT2D eigenvalue weighted by atomic mass is 35.5. The average molecular weight is 374 g/mol. The second kappa shape index (κ2) is 7.30. The summed E-state index contributed by atoms with van der Waals surface area (Å²) in [5, 5.41) is 3.66. The Kier molecular flexibility index (Phi) is 5.63. The first kappa shape index (κ1) is 17.7. The van der Waals surface area contributed by atoms with Gasteiger partial charge >= 0.3 is 0 Å². The number of carbonyl (C=O) groups excluding carboxylic acids is 1. The number of nitrogens with one attached hydrogen (secondary N) is 1. The predicted molar refractivity (Wildman–Crippen MR) is 96.0 cm³/mol. The van der Waals surface area contributed by atoms with Gasteiger partial charge in [0.25, 0.3) is 5.91 Å². The summed E-state index contributed by atoms with van der Waals surface area (Å²) in [6.07, 6.45) is -0.0804. The molecule has 2 rings (SSSR count). The number of hydrogen-bond acceptors (Lipinski definition) is 3. The quantitative estimate of drug-likeness (QED) is 0.718. The van der Waals surface area contributed by atoms with Crippen molar-refractivity contribution in [3.8, 4) is 5.75 Å². The fourth-order valence-corrected chi connectivity index (χ4v) is 2.55. The van der Waals surface area contributed by atoms with E-state index in [1.165, 1.54) is 18.2 Å². The summed E-state index contributed by atoms with van der Waals surface area (Å²) in [5.41, 5.74) is 6.68. The van der Waals surface area contributed by atoms with E-state index >= 15 is 0 Å². The Balaban J connectivity index is 2.32. The van der Waals surface area contributed by atoms with Gasteiger partial charge in [-0.15, -0.1) is 0 Å². The zero-order valence-electron chi connectivity index (χ0n) is 12.5. The Morgan fingerprint density at radius 3 is 2.30 bits per heavy atom. The maximum absolute atomic E-state index is 12.5. The largest absolute Gasteiger partial charge is 0.490 e. The molecule has 1 amide bonds. The minimum atomic E-state index is -0.389. The SMILES string of the molecule is CC(C)Oc1ccc(Cl)cc1C(=O)Nc1cc(Cl)c(N)c(Cl)c1. The number of hydrogen-bond donors (Lipinski definition) is 2. The van der Waals surface area contributed by atoms with E-state index in [0.717, 1.165) is 0 Å². The van der Waals surface area contributed by atoms with E-state index in [4.69, 9.17) is 45.3 Å². The smallest absolute Gasteiger partial charge is 0.259 e. The van der Waals surface area contributed by atoms with Gasteiger partial charge in [-0.1, -0.05) is 34.8 Å². The van der Waals surface area contributed by atoms with Crippen molar-refractivity contribution in [3.63, 3.8) is 0 Å². The maximum Gasteiger partial charge on any atom is 0.259 e. The fourth-order valence-electron chi connectivity index (χ4n) is 1.89. The summed E-state index contributed by atoms with van der Waals surface area (Å²) in [5.74, 6) is 0.0505. The fraction of sp³-hybridized carbons (Fsp3) is 0.188. The molecule has 122 valence electrons. The summed E-state index contributed by atoms with van der Waals surface area (Å²) < 4.78 is 5.63. The summed E-state index contributed by atoms with van der Waals surface area (Å²) in [6.45, 7) is 3.74. The normalized spacial score (nSPS) is 10.7. The van der Waals surface area contributed by atoms with Crippen molar-refractivity contribution in [2.45, 2.75) is 20.0 Å². The third-order valence-corrected chi connectivity index (χ3v) is 3.75. The summed E-state index contributed by atoms with van der Waals surface area (Å²) in [7, 11) is 0. The van der Waals surface area contributed by atoms with Crippen LogP contribution in [-0.4, -0.2) is 12.0 Å². The van der Waals surface area contributed by atoms with Crippen LogP contribution in [0.2, 0.25) is 15.1 Å². The maximum atomic E-state index is 12.5. The Labute approximate surface area is 149 Å². The molecular formula is C16H15Cl3N2O2. The molecule has 0 aliphatic heterocycles. The molecule has 0 radical (unpaired) electrons. The van der Waals surface area contributed by atoms with Gasteiger partial charge in [-0.2, -0.15) is 0 Å². The lowest BCUT2D eigenvalue weighted by Gasteiger charge is -2.15. The number of anilines is 2. The summed E-state index contributed by atoms with van der Waals surface area (Å²) >= 11 is 17.9. The highest BCUT2D eigenvalue weighted by Gasteiger charge is 2.16. The van der Waals surface area contributed by atoms with Crippen LogP contribution in [-0.2, 0) is 0 Å². The van der Waals surface area contributed by atoms with Crippen molar-refractivity contribution < 1.29 is 9.53 Å². The number of halogens is 3. The monoisotopic (exact) mass is 372 g/mol. The number of rotatable bonds is 4. The van der Waals surface area contributed by atoms with Crippen LogP contribution in [0, 0.1) is 0 Å². The molecule has 0 atom stereocenters. The zero-order chi connectivity index (χ0) is 17.1. The van der Waals surface area contributed by atoms with Crippen molar-refractivity contribution in [1.82, 2.24) is 0 Å². The van der Waals surface area contributed by atoms with Gasteiger partial charge < -0.3 is 15.8 Å². The molecule has 0 aromatic heterocycles. The molecule has 3 N–H and O–H groups in total. The second-order valence-electron chi connectivity index (χ2n) is 5.11. The van der Waals surface area contributed by atoms with Gasteiger partial charge in [0.2, 0.25) is 0 Å². The molecule has 7 heteroatoms. The molecular weight excluding hydrogens is 359 g/mol. The van der Waals surface area contributed by atoms with E-state index in [0.29, 0.717) is 22.0 Å². The topological polar surface area (TPSA) is 64.3 Å². The van der Waals surface area contributed by atoms with Crippen LogP contribution in [0.3, 0.4) is 0 Å². The van der Waals surface area contributed by atoms with Gasteiger partial charge in [0.05, 0.1) is 27.4 Å². The highest BCUT2D eigenvalue weighted by Crippen LogP contribution is 2.32. The van der Waals surface area contributed by atoms with Crippen LogP contribution >= 0.6 is 34.8 Å². The molecule has 2 aromatic carbocycles. The number of carbonyl (C=O) groups is 1. The minimum Gasteiger partial charge on any atom is -0.490 e. The van der Waals surface area contributed by atoms with Gasteiger partial charge in [0, 0.05) is 10.7 Å². The van der Waals surface area contributed by atoms with Crippen molar-refractivity contribution in [1.29, 1.82) is 0 Å². The average Bonchev–Trinajstić information content (AvgIpc) is 2.46. The second-order valence-corrected chi connectivity index (χ2v) is 6.37. The number of nitrogens with two attached hydrogens (primary N) is 1. The third kappa shape index (κ3) is 4.44. The van der Waals surface area contributed by atoms with Crippen molar-refractivity contribution in [2.75, 3.05) is 11.1 Å². The lowest BCUT2D eigenvalue weighted by molar-refractivity contribution is 0.102. The molecule has 0 aliphatic rings. The zero-order valence-corrected chi connectivity index (χ0v) is 14.8. The van der Waals surface area contributed by atoms with Crippen LogP contribution < -0.4 is 15.8 Å². The molecule has 4 nitrogen and oxygen atoms in total. The van der Waals surface area contributed by atoms with E-state index < -0.39 is 0 Å². The van der Waals surface area contributed by atoms with Gasteiger partial charge in [-0.3, -0.25) is 4.79 Å². The molecule has 0 spiro atoms. The Hall–Kier alpha value is -1.62. The Bertz CT molecular complexity index is 725. The van der Waals surface area contributed by atoms with Gasteiger partial charge in [-0.05, 0) is 44.2 Å². The van der Waals surface area contributed by atoms with E-state index in [-0.39, 0.29) is 27.7 Å². The van der Waals surface area contributed by atoms with Gasteiger partial charge in [0.15, 0.2) is 0 Å². The Morgan fingerprint density at radius 1 is 1.13 bits per heavy atom. The van der Waals surface area contributed by atoms with Crippen molar-refractivity contribution >= 4 is 52.1 Å². The van der Waals surface area contributed by atoms with E-state index in [1.54, 1.807) is 12.1 Å². The summed E-state index contributed by atoms with van der Waals surface area (Å²) in [6, 6.07) is 7.89. The first-order valence-electron chi connectivity index (χ1n) is 6.80. The lowest BCUT2D eigenvalue weighted by atomic mass is 10.1. The molecule has 0 heterocycles. The van der Waals surface area contributed by atoms with Gasteiger partial charge in [0.1, 0.15) is 5.75 Å². The van der Waals surface area contributed by atoms with Crippen molar-refractivity contribution in [3.05, 3.63) is 51.0 Å². The van der Waals surface area contributed by atoms with Crippen LogP contribution in [0.1, 0.15) is 24.2 Å². The van der Waals surface area contributed by atoms with E-state index in [1.807, 2.05) is 13.8 Å². The number of amides is 1. The predicted octanol–water partition coefficient (Wildman–Crippen LogP) is 5.27. The molecule has 23 heavy (non-hydrogen) atoms. The van der Waals surface area contributed by atoms with E-state index in [9.17, 15) is 4.79 Å². The van der Waals surface area contributed by atoms with Crippen molar-refractivity contribution in [2.24, 2.45) is 0 Å². The number of benzene rings is 2. The first-order chi connectivity index (χ1) is 10.8. The molecule has 0 aliphatic carbocycles. The lowest BCUT2D eigenvalue weighted by Crippen LogP contribution is -2.16. The molecule has 0 saturated heterocycles. The van der Waals surface area contributed by atoms with Crippen LogP contribution in [0.4, 0.5) is 11.4 Å². The minimum absolute atomic E-state index is 0.0804. The van der Waals surface area contributed by atoms with Crippen LogP contribution in [0.5, 0.6) is 5.75 Å². The standard InChI is InChI=1S/C16H15Cl3N2O2/c1-8(2)23-14-4-3-9(17)5-11(14)16(22)21-10-6-12(18)15(20)13(19)7-10/h3-8H,20H2,1-2H3,(H,21,22). The van der Waals surface area contributed by atoms with Crippen LogP contribution in [0.15, 0.2) is 30.3 Å². The summed E-state index contributed by atoms with van der Waals surface area (Å²) in [4.78, 5) is 12.5. The number of ether oxygens (including phenoxy) is 1. The first-order valence-corrected chi connectivity index (χ1v) is 7.93. The van der Waals surface area contributed by atoms with E-state index in [2.05, 4.69) is 5.32 Å². The third-order valence-electron chi connectivity index (χ3n) is 2.89. The molecule has 0 unspecified atom stereocenters. The molecule has 0 fully saturated rings. The molecule has 2 aromatic rings. The van der Waals surface area contributed by atoms with Crippen LogP contribution in [0.25, 0.3) is 0 Å².